The fourth-order valence-electron chi connectivity index (χ4n) is 18.5. The molecule has 0 saturated heterocycles. The molecule has 0 unspecified atom stereocenters. The van der Waals surface area contributed by atoms with Crippen LogP contribution in [0.1, 0.15) is 33.2 Å². The van der Waals surface area contributed by atoms with E-state index in [0.29, 0.717) is 17.1 Å². The summed E-state index contributed by atoms with van der Waals surface area (Å²) < 4.78 is 91.6. The summed E-state index contributed by atoms with van der Waals surface area (Å²) in [5.41, 5.74) is 27.6. The highest BCUT2D eigenvalue weighted by Gasteiger charge is 2.52. The first-order valence-electron chi connectivity index (χ1n) is 41.0. The highest BCUT2D eigenvalue weighted by Crippen LogP contribution is 2.63. The first kappa shape index (κ1) is 53.6. The Labute approximate surface area is 642 Å². The van der Waals surface area contributed by atoms with E-state index in [4.69, 9.17) is 11.9 Å². The van der Waals surface area contributed by atoms with Gasteiger partial charge in [-0.1, -0.05) is 315 Å². The fraction of sp³-hybridized carbons (Fsp3) is 0.00971. The van der Waals surface area contributed by atoms with E-state index in [-0.39, 0.29) is 33.9 Å². The number of benzene rings is 17. The van der Waals surface area contributed by atoms with Gasteiger partial charge in [0.2, 0.25) is 0 Å². The maximum atomic E-state index is 9.91. The van der Waals surface area contributed by atoms with Crippen molar-refractivity contribution in [1.29, 1.82) is 0 Å². The monoisotopic (exact) mass is 1390 g/mol. The van der Waals surface area contributed by atoms with Crippen LogP contribution in [0.5, 0.6) is 11.5 Å². The van der Waals surface area contributed by atoms with Gasteiger partial charge < -0.3 is 23.5 Å². The second-order valence-corrected chi connectivity index (χ2v) is 28.7. The van der Waals surface area contributed by atoms with Gasteiger partial charge in [0.15, 0.2) is 0 Å². The Bertz CT molecular complexity index is 7260. The SMILES string of the molecule is [2H]c1c([2H])c([2H])c2c(c1[2H])c1c([2H])c([2H])c([2H])c([2H])c1n2-c1ccc2c(c1)N(c1c(-c3ccccc3)cccc1-c1ccccc1)c1cc(-c3ccc4c(c3)Oc3ccccc3C43c4ccccc4-c4ccccc43)cc3c1B2c1ccc(-c2ccc4oc5ccccc5c4c2)cc1N3c1c(-c2ccccc2)cccc1-c1ccccc1. The first-order valence-corrected chi connectivity index (χ1v) is 37.0. The Morgan fingerprint density at radius 2 is 0.716 bits per heavy atom. The van der Waals surface area contributed by atoms with Gasteiger partial charge in [-0.05, 0) is 156 Å². The highest BCUT2D eigenvalue weighted by molar-refractivity contribution is 7.00. The lowest BCUT2D eigenvalue weighted by atomic mass is 9.33. The van der Waals surface area contributed by atoms with Gasteiger partial charge in [-0.25, -0.2) is 0 Å². The van der Waals surface area contributed by atoms with Crippen molar-refractivity contribution in [2.24, 2.45) is 0 Å². The van der Waals surface area contributed by atoms with E-state index in [1.165, 1.54) is 22.3 Å². The molecule has 6 heteroatoms. The summed E-state index contributed by atoms with van der Waals surface area (Å²) in [6.07, 6.45) is 0. The Morgan fingerprint density at radius 3 is 1.30 bits per heavy atom. The van der Waals surface area contributed by atoms with Crippen molar-refractivity contribution >= 4 is 101 Å². The number of rotatable bonds is 9. The Morgan fingerprint density at radius 1 is 0.284 bits per heavy atom. The Balaban J connectivity index is 0.889. The third-order valence-electron chi connectivity index (χ3n) is 23.1. The molecule has 0 fully saturated rings. The van der Waals surface area contributed by atoms with Crippen molar-refractivity contribution in [3.8, 4) is 95.1 Å². The Kier molecular flexibility index (Phi) is 11.8. The normalized spacial score (nSPS) is 14.3. The van der Waals surface area contributed by atoms with Gasteiger partial charge in [-0.15, -0.1) is 0 Å². The summed E-state index contributed by atoms with van der Waals surface area (Å²) >= 11 is 0. The molecular weight excluding hydrogens is 1320 g/mol. The van der Waals surface area contributed by atoms with Gasteiger partial charge in [0.05, 0.1) is 38.8 Å². The second-order valence-electron chi connectivity index (χ2n) is 28.7. The molecule has 109 heavy (non-hydrogen) atoms. The minimum absolute atomic E-state index is 0.00866. The number of anilines is 6. The number of aromatic nitrogens is 1. The van der Waals surface area contributed by atoms with E-state index in [2.05, 4.69) is 319 Å². The molecule has 0 bridgehead atoms. The number of fused-ring (bicyclic) bond motifs is 19. The molecule has 19 aromatic rings. The summed E-state index contributed by atoms with van der Waals surface area (Å²) in [4.78, 5) is 4.95. The third kappa shape index (κ3) is 9.04. The van der Waals surface area contributed by atoms with Crippen LogP contribution in [0, 0.1) is 0 Å². The molecule has 5 heterocycles. The summed E-state index contributed by atoms with van der Waals surface area (Å²) in [6.45, 7) is -0.559. The predicted molar refractivity (Wildman–Crippen MR) is 452 cm³/mol. The number of para-hydroxylation sites is 6. The lowest BCUT2D eigenvalue weighted by molar-refractivity contribution is 0.436. The molecule has 23 rings (SSSR count). The maximum absolute atomic E-state index is 9.91. The van der Waals surface area contributed by atoms with Crippen LogP contribution in [-0.2, 0) is 5.41 Å². The molecule has 506 valence electrons. The summed E-state index contributed by atoms with van der Waals surface area (Å²) in [6, 6.07) is 117. The molecular formula is C103H64BN3O2. The van der Waals surface area contributed by atoms with Gasteiger partial charge in [0.1, 0.15) is 22.7 Å². The van der Waals surface area contributed by atoms with Crippen LogP contribution in [0.2, 0.25) is 0 Å². The van der Waals surface area contributed by atoms with E-state index in [1.54, 1.807) is 4.57 Å². The lowest BCUT2D eigenvalue weighted by Crippen LogP contribution is -2.61. The predicted octanol–water partition coefficient (Wildman–Crippen LogP) is 25.2. The fourth-order valence-corrected chi connectivity index (χ4v) is 18.5. The molecule has 17 aromatic carbocycles. The summed E-state index contributed by atoms with van der Waals surface area (Å²) in [5.74, 6) is 1.48. The van der Waals surface area contributed by atoms with Crippen LogP contribution >= 0.6 is 0 Å². The van der Waals surface area contributed by atoms with Crippen molar-refractivity contribution in [1.82, 2.24) is 4.57 Å². The minimum atomic E-state index is -0.750. The lowest BCUT2D eigenvalue weighted by Gasteiger charge is -2.46. The number of ether oxygens (including phenoxy) is 1. The van der Waals surface area contributed by atoms with E-state index in [1.807, 2.05) is 30.3 Å². The molecule has 1 spiro atoms. The minimum Gasteiger partial charge on any atom is -0.457 e. The number of hydrogen-bond donors (Lipinski definition) is 0. The van der Waals surface area contributed by atoms with E-state index < -0.39 is 48.4 Å². The Hall–Kier alpha value is -14.2. The summed E-state index contributed by atoms with van der Waals surface area (Å²) in [7, 11) is 0. The van der Waals surface area contributed by atoms with Crippen molar-refractivity contribution in [3.63, 3.8) is 0 Å². The molecule has 1 aliphatic carbocycles. The number of nitrogens with zero attached hydrogens (tertiary/aromatic N) is 3. The quantitative estimate of drug-likeness (QED) is 0.135. The van der Waals surface area contributed by atoms with E-state index in [9.17, 15) is 8.22 Å². The second kappa shape index (κ2) is 23.9. The van der Waals surface area contributed by atoms with Crippen LogP contribution in [-0.4, -0.2) is 11.3 Å². The number of furan rings is 1. The molecule has 2 aromatic heterocycles. The van der Waals surface area contributed by atoms with Crippen molar-refractivity contribution in [3.05, 3.63) is 410 Å². The van der Waals surface area contributed by atoms with Crippen molar-refractivity contribution < 1.29 is 20.1 Å². The standard InChI is InChI=1S/C103H64BN3O2/c1-5-27-65(28-6-1)74-40-25-41-75(66-29-7-2-8-30-66)101(74)106-92-60-70(69-53-58-97-83(59-69)82-39-17-23-49-96(82)108-97)52-56-88(92)104-89-57-54-73(105-90-47-21-15-37-80(90)81-38-16-22-48-91(81)105)64-93(89)107(102-76(67-31-9-3-10-32-67)42-26-43-77(102)68-33-11-4-12-34-68)95-62-72(61-94(106)100(95)104)71-51-55-87-99(63-71)109-98-50-24-20-46-86(98)103(87)84-44-18-13-35-78(84)79-36-14-19-45-85(79)103/h1-64H/i15D,16D,21D,22D,37D,38D,47D,48D. The summed E-state index contributed by atoms with van der Waals surface area (Å²) in [5, 5.41) is 2.00. The number of hydrogen-bond acceptors (Lipinski definition) is 4. The van der Waals surface area contributed by atoms with Crippen LogP contribution in [0.3, 0.4) is 0 Å². The molecule has 0 N–H and O–H groups in total. The topological polar surface area (TPSA) is 33.8 Å². The van der Waals surface area contributed by atoms with Crippen molar-refractivity contribution in [2.45, 2.75) is 5.41 Å². The molecule has 0 radical (unpaired) electrons. The zero-order valence-electron chi connectivity index (χ0n) is 66.6. The molecule has 4 aliphatic rings. The van der Waals surface area contributed by atoms with Crippen LogP contribution in [0.15, 0.2) is 392 Å². The smallest absolute Gasteiger partial charge is 0.252 e. The van der Waals surface area contributed by atoms with Gasteiger partial charge in [0, 0.05) is 83.4 Å². The van der Waals surface area contributed by atoms with Crippen LogP contribution < -0.4 is 30.9 Å². The van der Waals surface area contributed by atoms with Gasteiger partial charge in [0.25, 0.3) is 6.71 Å². The molecule has 3 aliphatic heterocycles. The van der Waals surface area contributed by atoms with Gasteiger partial charge in [-0.3, -0.25) is 0 Å². The third-order valence-corrected chi connectivity index (χ3v) is 23.1. The highest BCUT2D eigenvalue weighted by atomic mass is 16.5. The average Bonchev–Trinajstić information content (AvgIpc) is 1.67. The molecule has 0 amide bonds. The van der Waals surface area contributed by atoms with Crippen LogP contribution in [0.4, 0.5) is 34.1 Å². The van der Waals surface area contributed by atoms with E-state index in [0.717, 1.165) is 150 Å². The van der Waals surface area contributed by atoms with Gasteiger partial charge >= 0.3 is 0 Å². The first-order chi connectivity index (χ1) is 57.4. The van der Waals surface area contributed by atoms with Gasteiger partial charge in [-0.2, -0.15) is 0 Å². The van der Waals surface area contributed by atoms with Crippen molar-refractivity contribution in [2.75, 3.05) is 9.80 Å². The largest absolute Gasteiger partial charge is 0.457 e. The molecule has 5 nitrogen and oxygen atoms in total. The average molecular weight is 1390 g/mol. The maximum Gasteiger partial charge on any atom is 0.252 e. The van der Waals surface area contributed by atoms with Crippen LogP contribution in [0.25, 0.3) is 127 Å². The molecule has 0 saturated carbocycles. The molecule has 0 atom stereocenters. The zero-order chi connectivity index (χ0) is 78.4. The van der Waals surface area contributed by atoms with E-state index >= 15 is 0 Å². The zero-order valence-corrected chi connectivity index (χ0v) is 58.6.